The van der Waals surface area contributed by atoms with Crippen LogP contribution in [0, 0.1) is 11.6 Å². The highest BCUT2D eigenvalue weighted by molar-refractivity contribution is 5.92. The molecule has 0 aromatic heterocycles. The van der Waals surface area contributed by atoms with Crippen LogP contribution in [0.2, 0.25) is 0 Å². The second-order valence-electron chi connectivity index (χ2n) is 5.12. The molecule has 6 heteroatoms. The fourth-order valence-electron chi connectivity index (χ4n) is 2.40. The Kier molecular flexibility index (Phi) is 4.67. The smallest absolute Gasteiger partial charge is 0.238 e. The standard InChI is InChI=1S/C14H18F2N2O2/c1-9-6-18(7-10(2)20-9)8-14(19)17-13-5-11(15)3-4-12(13)16/h3-5,9-10H,6-8H2,1-2H3,(H,17,19)/t9-,10-/m1/s1. The van der Waals surface area contributed by atoms with Crippen molar-refractivity contribution in [1.82, 2.24) is 4.90 Å². The lowest BCUT2D eigenvalue weighted by Crippen LogP contribution is -2.48. The number of morpholine rings is 1. The van der Waals surface area contributed by atoms with Crippen LogP contribution in [0.5, 0.6) is 0 Å². The molecule has 20 heavy (non-hydrogen) atoms. The first kappa shape index (κ1) is 14.9. The van der Waals surface area contributed by atoms with Gasteiger partial charge in [-0.05, 0) is 26.0 Å². The van der Waals surface area contributed by atoms with Crippen molar-refractivity contribution in [2.75, 3.05) is 25.0 Å². The Morgan fingerprint density at radius 1 is 1.35 bits per heavy atom. The number of carbonyl (C=O) groups excluding carboxylic acids is 1. The fraction of sp³-hybridized carbons (Fsp3) is 0.500. The lowest BCUT2D eigenvalue weighted by atomic mass is 10.2. The van der Waals surface area contributed by atoms with E-state index in [1.807, 2.05) is 18.7 Å². The average Bonchev–Trinajstić information content (AvgIpc) is 2.32. The number of nitrogens with zero attached hydrogens (tertiary/aromatic N) is 1. The molecule has 1 heterocycles. The monoisotopic (exact) mass is 284 g/mol. The van der Waals surface area contributed by atoms with Crippen molar-refractivity contribution in [2.24, 2.45) is 0 Å². The number of halogens is 2. The summed E-state index contributed by atoms with van der Waals surface area (Å²) in [4.78, 5) is 13.8. The van der Waals surface area contributed by atoms with Crippen LogP contribution in [-0.4, -0.2) is 42.6 Å². The first-order valence-corrected chi connectivity index (χ1v) is 6.56. The molecule has 1 aliphatic rings. The van der Waals surface area contributed by atoms with Crippen molar-refractivity contribution in [3.63, 3.8) is 0 Å². The lowest BCUT2D eigenvalue weighted by molar-refractivity contribution is -0.121. The van der Waals surface area contributed by atoms with Crippen LogP contribution in [0.15, 0.2) is 18.2 Å². The number of anilines is 1. The molecule has 1 amide bonds. The van der Waals surface area contributed by atoms with Crippen molar-refractivity contribution in [1.29, 1.82) is 0 Å². The van der Waals surface area contributed by atoms with Gasteiger partial charge in [-0.25, -0.2) is 8.78 Å². The summed E-state index contributed by atoms with van der Waals surface area (Å²) in [5, 5.41) is 2.39. The molecular formula is C14H18F2N2O2. The van der Waals surface area contributed by atoms with Gasteiger partial charge in [-0.15, -0.1) is 0 Å². The highest BCUT2D eigenvalue weighted by atomic mass is 19.1. The van der Waals surface area contributed by atoms with Gasteiger partial charge in [0.1, 0.15) is 11.6 Å². The van der Waals surface area contributed by atoms with Gasteiger partial charge in [0.2, 0.25) is 5.91 Å². The normalized spacial score (nSPS) is 23.6. The van der Waals surface area contributed by atoms with Crippen LogP contribution in [0.3, 0.4) is 0 Å². The van der Waals surface area contributed by atoms with E-state index in [2.05, 4.69) is 5.32 Å². The van der Waals surface area contributed by atoms with Gasteiger partial charge in [-0.2, -0.15) is 0 Å². The number of rotatable bonds is 3. The molecule has 0 spiro atoms. The predicted molar refractivity (Wildman–Crippen MR) is 71.4 cm³/mol. The van der Waals surface area contributed by atoms with Crippen molar-refractivity contribution >= 4 is 11.6 Å². The number of carbonyl (C=O) groups is 1. The SMILES string of the molecule is C[C@@H]1CN(CC(=O)Nc2cc(F)ccc2F)C[C@@H](C)O1. The third-order valence-corrected chi connectivity index (χ3v) is 3.06. The third kappa shape index (κ3) is 3.98. The van der Waals surface area contributed by atoms with Gasteiger partial charge in [0.15, 0.2) is 0 Å². The minimum atomic E-state index is -0.650. The maximum atomic E-state index is 13.4. The summed E-state index contributed by atoms with van der Waals surface area (Å²) in [6, 6.07) is 2.97. The molecule has 0 aliphatic carbocycles. The quantitative estimate of drug-likeness (QED) is 0.923. The highest BCUT2D eigenvalue weighted by Gasteiger charge is 2.23. The summed E-state index contributed by atoms with van der Waals surface area (Å²) in [5.74, 6) is -1.60. The first-order valence-electron chi connectivity index (χ1n) is 6.56. The molecule has 4 nitrogen and oxygen atoms in total. The Balaban J connectivity index is 1.93. The summed E-state index contributed by atoms with van der Waals surface area (Å²) in [5.41, 5.74) is -0.135. The largest absolute Gasteiger partial charge is 0.373 e. The molecule has 1 aliphatic heterocycles. The predicted octanol–water partition coefficient (Wildman–Crippen LogP) is 2.01. The van der Waals surface area contributed by atoms with Gasteiger partial charge >= 0.3 is 0 Å². The maximum Gasteiger partial charge on any atom is 0.238 e. The number of nitrogens with one attached hydrogen (secondary N) is 1. The highest BCUT2D eigenvalue weighted by Crippen LogP contribution is 2.16. The summed E-state index contributed by atoms with van der Waals surface area (Å²) in [7, 11) is 0. The van der Waals surface area contributed by atoms with E-state index < -0.39 is 11.6 Å². The fourth-order valence-corrected chi connectivity index (χ4v) is 2.40. The van der Waals surface area contributed by atoms with Crippen LogP contribution in [0.1, 0.15) is 13.8 Å². The minimum absolute atomic E-state index is 0.0532. The zero-order valence-electron chi connectivity index (χ0n) is 11.5. The van der Waals surface area contributed by atoms with E-state index in [-0.39, 0.29) is 30.3 Å². The number of benzene rings is 1. The zero-order valence-corrected chi connectivity index (χ0v) is 11.5. The Morgan fingerprint density at radius 2 is 2.00 bits per heavy atom. The van der Waals surface area contributed by atoms with E-state index in [9.17, 15) is 13.6 Å². The van der Waals surface area contributed by atoms with Crippen LogP contribution in [-0.2, 0) is 9.53 Å². The van der Waals surface area contributed by atoms with Crippen molar-refractivity contribution in [3.05, 3.63) is 29.8 Å². The molecule has 2 atom stereocenters. The van der Waals surface area contributed by atoms with E-state index in [1.54, 1.807) is 0 Å². The topological polar surface area (TPSA) is 41.6 Å². The number of amides is 1. The molecule has 2 rings (SSSR count). The Morgan fingerprint density at radius 3 is 2.65 bits per heavy atom. The molecule has 1 aromatic carbocycles. The Labute approximate surface area is 116 Å². The zero-order chi connectivity index (χ0) is 14.7. The number of ether oxygens (including phenoxy) is 1. The summed E-state index contributed by atoms with van der Waals surface area (Å²) in [6.45, 7) is 5.29. The van der Waals surface area contributed by atoms with E-state index in [4.69, 9.17) is 4.74 Å². The van der Waals surface area contributed by atoms with E-state index in [1.165, 1.54) is 0 Å². The minimum Gasteiger partial charge on any atom is -0.373 e. The van der Waals surface area contributed by atoms with Gasteiger partial charge in [0, 0.05) is 19.2 Å². The molecule has 1 saturated heterocycles. The van der Waals surface area contributed by atoms with Crippen LogP contribution in [0.25, 0.3) is 0 Å². The van der Waals surface area contributed by atoms with Crippen LogP contribution >= 0.6 is 0 Å². The molecule has 0 saturated carbocycles. The van der Waals surface area contributed by atoms with Gasteiger partial charge in [-0.1, -0.05) is 0 Å². The summed E-state index contributed by atoms with van der Waals surface area (Å²) >= 11 is 0. The second kappa shape index (κ2) is 6.28. The molecule has 1 N–H and O–H groups in total. The van der Waals surface area contributed by atoms with Gasteiger partial charge in [0.05, 0.1) is 24.4 Å². The second-order valence-corrected chi connectivity index (χ2v) is 5.12. The third-order valence-electron chi connectivity index (χ3n) is 3.06. The number of hydrogen-bond donors (Lipinski definition) is 1. The van der Waals surface area contributed by atoms with Gasteiger partial charge < -0.3 is 10.1 Å². The van der Waals surface area contributed by atoms with Crippen molar-refractivity contribution in [3.8, 4) is 0 Å². The molecular weight excluding hydrogens is 266 g/mol. The van der Waals surface area contributed by atoms with Crippen LogP contribution in [0.4, 0.5) is 14.5 Å². The first-order chi connectivity index (χ1) is 9.44. The Hall–Kier alpha value is -1.53. The summed E-state index contributed by atoms with van der Waals surface area (Å²) in [6.07, 6.45) is 0.106. The molecule has 110 valence electrons. The molecule has 0 radical (unpaired) electrons. The van der Waals surface area contributed by atoms with Crippen molar-refractivity contribution in [2.45, 2.75) is 26.1 Å². The van der Waals surface area contributed by atoms with Gasteiger partial charge in [0.25, 0.3) is 0 Å². The lowest BCUT2D eigenvalue weighted by Gasteiger charge is -2.34. The van der Waals surface area contributed by atoms with E-state index >= 15 is 0 Å². The van der Waals surface area contributed by atoms with Crippen molar-refractivity contribution < 1.29 is 18.3 Å². The van der Waals surface area contributed by atoms with E-state index in [0.717, 1.165) is 18.2 Å². The van der Waals surface area contributed by atoms with Gasteiger partial charge in [-0.3, -0.25) is 9.69 Å². The summed E-state index contributed by atoms with van der Waals surface area (Å²) < 4.78 is 32.0. The number of hydrogen-bond acceptors (Lipinski definition) is 3. The Bertz CT molecular complexity index is 486. The molecule has 0 unspecified atom stereocenters. The molecule has 0 bridgehead atoms. The van der Waals surface area contributed by atoms with E-state index in [0.29, 0.717) is 13.1 Å². The maximum absolute atomic E-state index is 13.4. The average molecular weight is 284 g/mol. The molecule has 1 aromatic rings. The molecule has 1 fully saturated rings. The van der Waals surface area contributed by atoms with Crippen LogP contribution < -0.4 is 5.32 Å².